The van der Waals surface area contributed by atoms with Gasteiger partial charge in [-0.05, 0) is 12.3 Å². The monoisotopic (exact) mass is 327 g/mol. The molecule has 3 aromatic rings. The molecule has 0 radical (unpaired) electrons. The van der Waals surface area contributed by atoms with Gasteiger partial charge in [0.25, 0.3) is 5.56 Å². The molecule has 116 valence electrons. The zero-order chi connectivity index (χ0) is 16.4. The van der Waals surface area contributed by atoms with E-state index in [1.165, 1.54) is 18.9 Å². The standard InChI is InChI=1S/C16H13N3O3S/c1-22-15(21)10-8-11(9-6-4-3-5-7-9)17-13-12(10)14(20)19-16(18-13)23-2/h3-8H,1-2H3,(H,17,18,19,20). The molecule has 0 aliphatic heterocycles. The topological polar surface area (TPSA) is 84.9 Å². The van der Waals surface area contributed by atoms with Crippen molar-refractivity contribution in [3.05, 3.63) is 52.3 Å². The Morgan fingerprint density at radius 1 is 1.22 bits per heavy atom. The molecule has 0 saturated heterocycles. The van der Waals surface area contributed by atoms with Crippen molar-refractivity contribution in [3.63, 3.8) is 0 Å². The van der Waals surface area contributed by atoms with Crippen LogP contribution in [0.1, 0.15) is 10.4 Å². The lowest BCUT2D eigenvalue weighted by atomic mass is 10.1. The molecule has 0 aliphatic carbocycles. The summed E-state index contributed by atoms with van der Waals surface area (Å²) in [5, 5.41) is 0.574. The number of benzene rings is 1. The van der Waals surface area contributed by atoms with Gasteiger partial charge in [0.1, 0.15) is 0 Å². The summed E-state index contributed by atoms with van der Waals surface area (Å²) in [5.41, 5.74) is 1.35. The quantitative estimate of drug-likeness (QED) is 0.452. The highest BCUT2D eigenvalue weighted by Crippen LogP contribution is 2.23. The molecule has 3 rings (SSSR count). The third-order valence-electron chi connectivity index (χ3n) is 3.32. The van der Waals surface area contributed by atoms with E-state index in [-0.39, 0.29) is 16.6 Å². The number of methoxy groups -OCH3 is 1. The molecule has 0 spiro atoms. The lowest BCUT2D eigenvalue weighted by Crippen LogP contribution is -2.15. The molecular weight excluding hydrogens is 314 g/mol. The van der Waals surface area contributed by atoms with Crippen molar-refractivity contribution in [2.24, 2.45) is 0 Å². The maximum absolute atomic E-state index is 12.3. The van der Waals surface area contributed by atoms with E-state index in [0.29, 0.717) is 10.9 Å². The number of pyridine rings is 1. The summed E-state index contributed by atoms with van der Waals surface area (Å²) in [6.07, 6.45) is 1.80. The lowest BCUT2D eigenvalue weighted by Gasteiger charge is -2.08. The highest BCUT2D eigenvalue weighted by molar-refractivity contribution is 7.98. The summed E-state index contributed by atoms with van der Waals surface area (Å²) in [7, 11) is 1.27. The molecule has 0 amide bonds. The normalized spacial score (nSPS) is 10.7. The van der Waals surface area contributed by atoms with Crippen molar-refractivity contribution >= 4 is 28.8 Å². The van der Waals surface area contributed by atoms with Crippen LogP contribution in [0.15, 0.2) is 46.3 Å². The predicted molar refractivity (Wildman–Crippen MR) is 88.7 cm³/mol. The van der Waals surface area contributed by atoms with Crippen molar-refractivity contribution in [2.45, 2.75) is 5.16 Å². The van der Waals surface area contributed by atoms with Gasteiger partial charge < -0.3 is 9.72 Å². The first-order valence-corrected chi connectivity index (χ1v) is 7.99. The van der Waals surface area contributed by atoms with E-state index in [0.717, 1.165) is 5.56 Å². The number of aromatic amines is 1. The Morgan fingerprint density at radius 3 is 2.61 bits per heavy atom. The van der Waals surface area contributed by atoms with Crippen LogP contribution in [-0.4, -0.2) is 34.3 Å². The Bertz CT molecular complexity index is 938. The highest BCUT2D eigenvalue weighted by Gasteiger charge is 2.18. The van der Waals surface area contributed by atoms with E-state index in [1.807, 2.05) is 30.3 Å². The second kappa shape index (κ2) is 6.21. The highest BCUT2D eigenvalue weighted by atomic mass is 32.2. The van der Waals surface area contributed by atoms with Crippen LogP contribution in [0, 0.1) is 0 Å². The SMILES string of the molecule is COC(=O)c1cc(-c2ccccc2)nc2nc(SC)[nH]c(=O)c12. The van der Waals surface area contributed by atoms with Crippen molar-refractivity contribution in [1.29, 1.82) is 0 Å². The number of fused-ring (bicyclic) bond motifs is 1. The van der Waals surface area contributed by atoms with Gasteiger partial charge in [-0.2, -0.15) is 0 Å². The van der Waals surface area contributed by atoms with Crippen LogP contribution in [0.5, 0.6) is 0 Å². The molecule has 0 fully saturated rings. The first kappa shape index (κ1) is 15.2. The van der Waals surface area contributed by atoms with Crippen LogP contribution in [-0.2, 0) is 4.74 Å². The van der Waals surface area contributed by atoms with Crippen molar-refractivity contribution in [2.75, 3.05) is 13.4 Å². The molecular formula is C16H13N3O3S. The summed E-state index contributed by atoms with van der Waals surface area (Å²) in [5.74, 6) is -0.598. The maximum atomic E-state index is 12.3. The molecule has 0 atom stereocenters. The van der Waals surface area contributed by atoms with Crippen LogP contribution in [0.3, 0.4) is 0 Å². The van der Waals surface area contributed by atoms with Gasteiger partial charge in [-0.1, -0.05) is 42.1 Å². The minimum absolute atomic E-state index is 0.134. The van der Waals surface area contributed by atoms with Gasteiger partial charge in [0, 0.05) is 5.56 Å². The number of aromatic nitrogens is 3. The Morgan fingerprint density at radius 2 is 1.96 bits per heavy atom. The van der Waals surface area contributed by atoms with E-state index >= 15 is 0 Å². The minimum Gasteiger partial charge on any atom is -0.465 e. The fraction of sp³-hybridized carbons (Fsp3) is 0.125. The first-order valence-electron chi connectivity index (χ1n) is 6.77. The van der Waals surface area contributed by atoms with Crippen molar-refractivity contribution in [1.82, 2.24) is 15.0 Å². The average molecular weight is 327 g/mol. The van der Waals surface area contributed by atoms with E-state index in [4.69, 9.17) is 4.74 Å². The van der Waals surface area contributed by atoms with Gasteiger partial charge in [-0.25, -0.2) is 14.8 Å². The minimum atomic E-state index is -0.598. The molecule has 1 aromatic carbocycles. The summed E-state index contributed by atoms with van der Waals surface area (Å²) < 4.78 is 4.79. The average Bonchev–Trinajstić information content (AvgIpc) is 2.60. The molecule has 0 bridgehead atoms. The van der Waals surface area contributed by atoms with Crippen LogP contribution in [0.4, 0.5) is 0 Å². The van der Waals surface area contributed by atoms with Crippen molar-refractivity contribution in [3.8, 4) is 11.3 Å². The molecule has 2 aromatic heterocycles. The van der Waals surface area contributed by atoms with Gasteiger partial charge in [-0.3, -0.25) is 4.79 Å². The zero-order valence-electron chi connectivity index (χ0n) is 12.5. The summed E-state index contributed by atoms with van der Waals surface area (Å²) in [6.45, 7) is 0. The second-order valence-electron chi connectivity index (χ2n) is 4.69. The molecule has 1 N–H and O–H groups in total. The Hall–Kier alpha value is -2.67. The zero-order valence-corrected chi connectivity index (χ0v) is 13.3. The summed E-state index contributed by atoms with van der Waals surface area (Å²) in [4.78, 5) is 35.7. The van der Waals surface area contributed by atoms with E-state index < -0.39 is 11.5 Å². The molecule has 2 heterocycles. The number of nitrogens with one attached hydrogen (secondary N) is 1. The number of ether oxygens (including phenoxy) is 1. The molecule has 6 nitrogen and oxygen atoms in total. The fourth-order valence-corrected chi connectivity index (χ4v) is 2.62. The summed E-state index contributed by atoms with van der Waals surface area (Å²) in [6, 6.07) is 10.9. The number of esters is 1. The Labute approximate surface area is 135 Å². The van der Waals surface area contributed by atoms with E-state index in [2.05, 4.69) is 15.0 Å². The number of rotatable bonds is 3. The van der Waals surface area contributed by atoms with Crippen LogP contribution in [0.25, 0.3) is 22.3 Å². The second-order valence-corrected chi connectivity index (χ2v) is 5.48. The number of hydrogen-bond acceptors (Lipinski definition) is 6. The van der Waals surface area contributed by atoms with E-state index in [1.54, 1.807) is 12.3 Å². The number of H-pyrrole nitrogens is 1. The molecule has 0 unspecified atom stereocenters. The van der Waals surface area contributed by atoms with Crippen LogP contribution in [0.2, 0.25) is 0 Å². The van der Waals surface area contributed by atoms with Crippen molar-refractivity contribution < 1.29 is 9.53 Å². The maximum Gasteiger partial charge on any atom is 0.338 e. The molecule has 0 saturated carbocycles. The lowest BCUT2D eigenvalue weighted by molar-refractivity contribution is 0.0603. The van der Waals surface area contributed by atoms with Gasteiger partial charge in [0.2, 0.25) is 0 Å². The third-order valence-corrected chi connectivity index (χ3v) is 3.90. The van der Waals surface area contributed by atoms with E-state index in [9.17, 15) is 9.59 Å². The molecule has 0 aliphatic rings. The fourth-order valence-electron chi connectivity index (χ4n) is 2.24. The Kier molecular flexibility index (Phi) is 4.12. The molecule has 7 heteroatoms. The van der Waals surface area contributed by atoms with Gasteiger partial charge in [-0.15, -0.1) is 0 Å². The number of carbonyl (C=O) groups excluding carboxylic acids is 1. The molecule has 23 heavy (non-hydrogen) atoms. The number of carbonyl (C=O) groups is 1. The van der Waals surface area contributed by atoms with Gasteiger partial charge in [0.15, 0.2) is 10.8 Å². The summed E-state index contributed by atoms with van der Waals surface area (Å²) >= 11 is 1.30. The van der Waals surface area contributed by atoms with Gasteiger partial charge in [0.05, 0.1) is 23.8 Å². The van der Waals surface area contributed by atoms with Gasteiger partial charge >= 0.3 is 5.97 Å². The number of nitrogens with zero attached hydrogens (tertiary/aromatic N) is 2. The first-order chi connectivity index (χ1) is 11.1. The largest absolute Gasteiger partial charge is 0.465 e. The van der Waals surface area contributed by atoms with Crippen LogP contribution < -0.4 is 5.56 Å². The number of thioether (sulfide) groups is 1. The smallest absolute Gasteiger partial charge is 0.338 e. The van der Waals surface area contributed by atoms with Crippen LogP contribution >= 0.6 is 11.8 Å². The Balaban J connectivity index is 2.37. The third kappa shape index (κ3) is 2.83. The number of hydrogen-bond donors (Lipinski definition) is 1. The predicted octanol–water partition coefficient (Wildman–Crippen LogP) is 2.49.